The van der Waals surface area contributed by atoms with Gasteiger partial charge in [0.15, 0.2) is 0 Å². The van der Waals surface area contributed by atoms with Crippen LogP contribution in [0, 0.1) is 0 Å². The average molecular weight is 177 g/mol. The van der Waals surface area contributed by atoms with Crippen molar-refractivity contribution in [3.63, 3.8) is 0 Å². The van der Waals surface area contributed by atoms with Gasteiger partial charge >= 0.3 is 0 Å². The van der Waals surface area contributed by atoms with Crippen LogP contribution >= 0.6 is 0 Å². The van der Waals surface area contributed by atoms with Crippen molar-refractivity contribution in [3.05, 3.63) is 30.0 Å². The Morgan fingerprint density at radius 2 is 2.23 bits per heavy atom. The summed E-state index contributed by atoms with van der Waals surface area (Å²) < 4.78 is 5.21. The number of benzene rings is 1. The molecule has 3 heteroatoms. The van der Waals surface area contributed by atoms with Crippen LogP contribution in [-0.4, -0.2) is 11.7 Å². The molecule has 0 amide bonds. The lowest BCUT2D eigenvalue weighted by Crippen LogP contribution is -2.02. The van der Waals surface area contributed by atoms with Gasteiger partial charge in [0.2, 0.25) is 0 Å². The van der Waals surface area contributed by atoms with Crippen LogP contribution in [-0.2, 0) is 6.42 Å². The number of rotatable bonds is 2. The number of nitrogens with two attached hydrogens (primary N) is 1. The summed E-state index contributed by atoms with van der Waals surface area (Å²) in [7, 11) is 0. The Labute approximate surface area is 75.8 Å². The molecule has 0 atom stereocenters. The van der Waals surface area contributed by atoms with Crippen LogP contribution in [0.2, 0.25) is 0 Å². The van der Waals surface area contributed by atoms with Gasteiger partial charge in [-0.3, -0.25) is 0 Å². The third kappa shape index (κ3) is 1.38. The van der Waals surface area contributed by atoms with Crippen molar-refractivity contribution < 1.29 is 9.52 Å². The third-order valence-corrected chi connectivity index (χ3v) is 2.07. The van der Waals surface area contributed by atoms with E-state index in [1.165, 1.54) is 0 Å². The van der Waals surface area contributed by atoms with Crippen LogP contribution in [0.1, 0.15) is 5.56 Å². The highest BCUT2D eigenvalue weighted by Crippen LogP contribution is 2.25. The minimum atomic E-state index is 0.291. The summed E-state index contributed by atoms with van der Waals surface area (Å²) in [6.45, 7) is 0.528. The van der Waals surface area contributed by atoms with Gasteiger partial charge in [-0.1, -0.05) is 0 Å². The van der Waals surface area contributed by atoms with Gasteiger partial charge in [-0.15, -0.1) is 0 Å². The number of phenolic OH excluding ortho intramolecular Hbond substituents is 1. The van der Waals surface area contributed by atoms with E-state index in [4.69, 9.17) is 10.2 Å². The van der Waals surface area contributed by atoms with Crippen molar-refractivity contribution in [3.8, 4) is 5.75 Å². The molecule has 0 saturated heterocycles. The zero-order valence-electron chi connectivity index (χ0n) is 7.16. The Hall–Kier alpha value is -1.48. The molecule has 2 aromatic rings. The fourth-order valence-corrected chi connectivity index (χ4v) is 1.40. The summed E-state index contributed by atoms with van der Waals surface area (Å²) >= 11 is 0. The molecule has 68 valence electrons. The first-order valence-electron chi connectivity index (χ1n) is 4.20. The summed E-state index contributed by atoms with van der Waals surface area (Å²) in [6, 6.07) is 5.35. The van der Waals surface area contributed by atoms with Crippen molar-refractivity contribution in [2.24, 2.45) is 5.73 Å². The van der Waals surface area contributed by atoms with Gasteiger partial charge in [-0.25, -0.2) is 0 Å². The fraction of sp³-hybridized carbons (Fsp3) is 0.200. The molecule has 0 aliphatic carbocycles. The van der Waals surface area contributed by atoms with E-state index in [2.05, 4.69) is 0 Å². The molecule has 3 N–H and O–H groups in total. The first-order chi connectivity index (χ1) is 6.31. The van der Waals surface area contributed by atoms with E-state index in [9.17, 15) is 5.11 Å². The van der Waals surface area contributed by atoms with Crippen LogP contribution in [0.5, 0.6) is 5.75 Å². The van der Waals surface area contributed by atoms with E-state index in [1.807, 2.05) is 12.1 Å². The Bertz CT molecular complexity index is 420. The molecule has 1 aromatic heterocycles. The summed E-state index contributed by atoms with van der Waals surface area (Å²) in [5, 5.41) is 10.5. The minimum absolute atomic E-state index is 0.291. The summed E-state index contributed by atoms with van der Waals surface area (Å²) in [5.41, 5.74) is 7.04. The van der Waals surface area contributed by atoms with Crippen LogP contribution in [0.3, 0.4) is 0 Å². The Kier molecular flexibility index (Phi) is 1.94. The highest BCUT2D eigenvalue weighted by Gasteiger charge is 2.04. The number of hydrogen-bond acceptors (Lipinski definition) is 3. The van der Waals surface area contributed by atoms with Gasteiger partial charge in [0, 0.05) is 5.39 Å². The molecular weight excluding hydrogens is 166 g/mol. The topological polar surface area (TPSA) is 59.4 Å². The van der Waals surface area contributed by atoms with Crippen LogP contribution < -0.4 is 5.73 Å². The average Bonchev–Trinajstić information content (AvgIpc) is 2.52. The molecule has 0 saturated carbocycles. The maximum atomic E-state index is 9.56. The van der Waals surface area contributed by atoms with Gasteiger partial charge in [0.1, 0.15) is 11.3 Å². The molecule has 0 unspecified atom stereocenters. The van der Waals surface area contributed by atoms with Gasteiger partial charge in [-0.05, 0) is 36.7 Å². The van der Waals surface area contributed by atoms with Crippen LogP contribution in [0.15, 0.2) is 28.9 Å². The molecule has 1 heterocycles. The second-order valence-electron chi connectivity index (χ2n) is 2.98. The van der Waals surface area contributed by atoms with Gasteiger partial charge < -0.3 is 15.3 Å². The smallest absolute Gasteiger partial charge is 0.134 e. The zero-order chi connectivity index (χ0) is 9.26. The molecular formula is C10H11NO2. The maximum Gasteiger partial charge on any atom is 0.134 e. The second kappa shape index (κ2) is 3.11. The predicted octanol–water partition coefficient (Wildman–Crippen LogP) is 1.64. The predicted molar refractivity (Wildman–Crippen MR) is 50.6 cm³/mol. The van der Waals surface area contributed by atoms with E-state index in [0.29, 0.717) is 18.7 Å². The quantitative estimate of drug-likeness (QED) is 0.733. The van der Waals surface area contributed by atoms with E-state index in [0.717, 1.165) is 16.5 Å². The Morgan fingerprint density at radius 3 is 3.00 bits per heavy atom. The van der Waals surface area contributed by atoms with Crippen LogP contribution in [0.4, 0.5) is 0 Å². The fourth-order valence-electron chi connectivity index (χ4n) is 1.40. The first-order valence-corrected chi connectivity index (χ1v) is 4.20. The SMILES string of the molecule is NCCc1cc2occc2cc1O. The highest BCUT2D eigenvalue weighted by atomic mass is 16.3. The molecule has 0 spiro atoms. The van der Waals surface area contributed by atoms with Crippen molar-refractivity contribution in [2.75, 3.05) is 6.54 Å². The van der Waals surface area contributed by atoms with E-state index in [1.54, 1.807) is 12.3 Å². The summed E-state index contributed by atoms with van der Waals surface area (Å²) in [4.78, 5) is 0. The van der Waals surface area contributed by atoms with Crippen LogP contribution in [0.25, 0.3) is 11.0 Å². The molecule has 3 nitrogen and oxygen atoms in total. The number of fused-ring (bicyclic) bond motifs is 1. The Balaban J connectivity index is 2.56. The van der Waals surface area contributed by atoms with Crippen molar-refractivity contribution in [1.82, 2.24) is 0 Å². The lowest BCUT2D eigenvalue weighted by molar-refractivity contribution is 0.468. The molecule has 0 aliphatic heterocycles. The molecule has 2 rings (SSSR count). The van der Waals surface area contributed by atoms with Gasteiger partial charge in [-0.2, -0.15) is 0 Å². The number of phenols is 1. The standard InChI is InChI=1S/C10H11NO2/c11-3-1-7-6-10-8(2-4-13-10)5-9(7)12/h2,4-6,12H,1,3,11H2. The van der Waals surface area contributed by atoms with E-state index in [-0.39, 0.29) is 0 Å². The molecule has 0 radical (unpaired) electrons. The van der Waals surface area contributed by atoms with E-state index >= 15 is 0 Å². The number of furan rings is 1. The normalized spacial score (nSPS) is 10.8. The molecule has 0 bridgehead atoms. The third-order valence-electron chi connectivity index (χ3n) is 2.07. The van der Waals surface area contributed by atoms with Gasteiger partial charge in [0.05, 0.1) is 6.26 Å². The maximum absolute atomic E-state index is 9.56. The summed E-state index contributed by atoms with van der Waals surface area (Å²) in [5.74, 6) is 0.291. The zero-order valence-corrected chi connectivity index (χ0v) is 7.16. The molecule has 0 aliphatic rings. The number of hydrogen-bond donors (Lipinski definition) is 2. The molecule has 13 heavy (non-hydrogen) atoms. The lowest BCUT2D eigenvalue weighted by atomic mass is 10.1. The first kappa shape index (κ1) is 8.13. The van der Waals surface area contributed by atoms with Gasteiger partial charge in [0.25, 0.3) is 0 Å². The monoisotopic (exact) mass is 177 g/mol. The molecule has 0 fully saturated rings. The summed E-state index contributed by atoms with van der Waals surface area (Å²) in [6.07, 6.45) is 2.28. The van der Waals surface area contributed by atoms with Crippen molar-refractivity contribution in [2.45, 2.75) is 6.42 Å². The lowest BCUT2D eigenvalue weighted by Gasteiger charge is -2.01. The number of aromatic hydroxyl groups is 1. The van der Waals surface area contributed by atoms with Crippen molar-refractivity contribution in [1.29, 1.82) is 0 Å². The van der Waals surface area contributed by atoms with Crippen molar-refractivity contribution >= 4 is 11.0 Å². The largest absolute Gasteiger partial charge is 0.508 e. The highest BCUT2D eigenvalue weighted by molar-refractivity contribution is 5.79. The van der Waals surface area contributed by atoms with E-state index < -0.39 is 0 Å². The minimum Gasteiger partial charge on any atom is -0.508 e. The Morgan fingerprint density at radius 1 is 1.38 bits per heavy atom. The molecule has 1 aromatic carbocycles. The second-order valence-corrected chi connectivity index (χ2v) is 2.98.